The summed E-state index contributed by atoms with van der Waals surface area (Å²) in [5.74, 6) is -1.64. The minimum atomic E-state index is -1.37. The number of carboxylic acid groups (broad SMARTS) is 2. The van der Waals surface area contributed by atoms with E-state index in [2.05, 4.69) is 20.1 Å². The quantitative estimate of drug-likeness (QED) is 0.0196. The van der Waals surface area contributed by atoms with Gasteiger partial charge in [-0.05, 0) is 118 Å². The van der Waals surface area contributed by atoms with Gasteiger partial charge in [-0.2, -0.15) is 0 Å². The van der Waals surface area contributed by atoms with Crippen LogP contribution in [-0.2, 0) is 12.8 Å². The molecule has 456 valence electrons. The minimum absolute atomic E-state index is 0.0640. The zero-order valence-electron chi connectivity index (χ0n) is 52.6. The van der Waals surface area contributed by atoms with Gasteiger partial charge in [-0.25, -0.2) is 9.15 Å². The van der Waals surface area contributed by atoms with Crippen LogP contribution in [0.4, 0.5) is 22.7 Å². The number of carboxylic acids is 2. The third-order valence-electron chi connectivity index (χ3n) is 16.1. The van der Waals surface area contributed by atoms with Crippen LogP contribution in [0, 0.1) is 0 Å². The maximum Gasteiger partial charge on any atom is 0.203 e. The van der Waals surface area contributed by atoms with Crippen molar-refractivity contribution in [2.75, 3.05) is 66.2 Å². The van der Waals surface area contributed by atoms with Gasteiger partial charge in [0.2, 0.25) is 10.7 Å². The fourth-order valence-corrected chi connectivity index (χ4v) is 11.2. The monoisotopic (exact) mass is 1200 g/mol. The average molecular weight is 1200 g/mol. The molecule has 0 saturated heterocycles. The average Bonchev–Trinajstić information content (AvgIpc) is 0.767. The molecule has 0 aromatic heterocycles. The van der Waals surface area contributed by atoms with Gasteiger partial charge >= 0.3 is 0 Å². The van der Waals surface area contributed by atoms with Crippen molar-refractivity contribution in [1.29, 1.82) is 0 Å². The Kier molecular flexibility index (Phi) is 19.2. The van der Waals surface area contributed by atoms with E-state index in [0.717, 1.165) is 66.2 Å². The first-order chi connectivity index (χ1) is 43.0. The number of fused-ring (bicyclic) bond motifs is 4. The fraction of sp³-hybridized carbons (Fsp3) is 0.250. The second-order valence-electron chi connectivity index (χ2n) is 23.7. The molecule has 18 heteroatoms. The molecule has 2 aliphatic carbocycles. The molecule has 2 aliphatic heterocycles. The number of nitrogens with zero attached hydrogens (tertiary/aromatic N) is 10. The predicted molar refractivity (Wildman–Crippen MR) is 352 cm³/mol. The van der Waals surface area contributed by atoms with Gasteiger partial charge in [0.25, 0.3) is 0 Å². The second-order valence-corrected chi connectivity index (χ2v) is 23.7. The number of aryl methyl sites for hydroxylation is 2. The summed E-state index contributed by atoms with van der Waals surface area (Å²) >= 11 is 0. The van der Waals surface area contributed by atoms with E-state index in [-0.39, 0.29) is 47.4 Å². The summed E-state index contributed by atoms with van der Waals surface area (Å²) in [5.41, 5.74) is 30.0. The second kappa shape index (κ2) is 27.1. The molecule has 0 fully saturated rings. The summed E-state index contributed by atoms with van der Waals surface area (Å²) < 4.78 is 16.7. The van der Waals surface area contributed by atoms with Crippen molar-refractivity contribution in [3.05, 3.63) is 222 Å². The number of Topliss-reactive ketones (excluding diaryl/α,β-unsaturated/α-hetero) is 2. The highest BCUT2D eigenvalue weighted by molar-refractivity contribution is 6.11. The molecule has 0 amide bonds. The van der Waals surface area contributed by atoms with Gasteiger partial charge in [0, 0.05) is 153 Å². The molecule has 0 spiro atoms. The molecule has 10 rings (SSSR count). The number of aromatic carboxylic acids is 2. The van der Waals surface area contributed by atoms with E-state index < -0.39 is 11.9 Å². The third-order valence-corrected chi connectivity index (χ3v) is 16.1. The lowest BCUT2D eigenvalue weighted by Gasteiger charge is -2.20. The SMILES string of the molecule is CC(C)c1cc(CCC(=O)c2ccc(-c3c4ccc(=[N+](C)C)cc-4oc4cc(N(C)C)ccc34)c(C(=O)[O-])c2)cc(C(C)C)c1N=[N+]=[N-].CN(C)c1ccc2c(-c3ccc(C(=O)CCc4ccc(N=[N+]=[N-])cc4)cc3C(=O)[O-])c3ccc(=[N+](C)C)cc-3oc2c1. The number of carbonyl (C=O) groups is 4. The van der Waals surface area contributed by atoms with Gasteiger partial charge in [0.1, 0.15) is 50.9 Å². The summed E-state index contributed by atoms with van der Waals surface area (Å²) in [6.07, 6.45) is 1.27. The van der Waals surface area contributed by atoms with E-state index in [9.17, 15) is 34.9 Å². The van der Waals surface area contributed by atoms with E-state index >= 15 is 0 Å². The Bertz CT molecular complexity index is 4640. The summed E-state index contributed by atoms with van der Waals surface area (Å²) in [5, 5.41) is 36.1. The van der Waals surface area contributed by atoms with Gasteiger partial charge in [-0.1, -0.05) is 98.6 Å². The smallest absolute Gasteiger partial charge is 0.203 e. The Hall–Kier alpha value is -10.8. The molecule has 0 bridgehead atoms. The van der Waals surface area contributed by atoms with Crippen molar-refractivity contribution in [3.63, 3.8) is 0 Å². The third kappa shape index (κ3) is 13.7. The van der Waals surface area contributed by atoms with E-state index in [4.69, 9.17) is 14.4 Å². The van der Waals surface area contributed by atoms with Crippen molar-refractivity contribution in [2.24, 2.45) is 10.2 Å². The summed E-state index contributed by atoms with van der Waals surface area (Å²) in [4.78, 5) is 61.7. The van der Waals surface area contributed by atoms with Gasteiger partial charge in [-0.15, -0.1) is 0 Å². The summed E-state index contributed by atoms with van der Waals surface area (Å²) in [6, 6.07) is 43.8. The van der Waals surface area contributed by atoms with E-state index in [1.54, 1.807) is 48.5 Å². The van der Waals surface area contributed by atoms with Crippen molar-refractivity contribution < 1.29 is 38.2 Å². The maximum absolute atomic E-state index is 13.6. The lowest BCUT2D eigenvalue weighted by Crippen LogP contribution is -2.24. The van der Waals surface area contributed by atoms with Crippen LogP contribution in [0.5, 0.6) is 0 Å². The molecule has 0 saturated carbocycles. The first-order valence-electron chi connectivity index (χ1n) is 29.5. The number of azide groups is 2. The molecule has 0 unspecified atom stereocenters. The topological polar surface area (TPSA) is 251 Å². The number of anilines is 2. The summed E-state index contributed by atoms with van der Waals surface area (Å²) in [7, 11) is 15.5. The first-order valence-corrected chi connectivity index (χ1v) is 29.5. The van der Waals surface area contributed by atoms with E-state index in [1.807, 2.05) is 188 Å². The van der Waals surface area contributed by atoms with Crippen LogP contribution >= 0.6 is 0 Å². The standard InChI is InChI=1S/C39H41N5O4.C33H29N5O4/c1-22(2)31-17-24(18-32(23(3)4)38(31)41-42-40)9-16-34(45)25-10-13-28(33(19-25)39(46)47)37-29-14-11-26(43(5)6)20-35(29)48-36-21-27(44(7)8)12-15-30(36)37;1-37(2)23-11-14-26-30(18-23)42-31-19-24(38(3)4)12-15-27(31)32(26)25-13-8-21(17-28(25)33(40)41)29(39)16-7-20-5-9-22(10-6-20)35-36-34/h10-15,17-23H,9,16H2,1-8H3;5-6,8-15,17-19H,7,16H2,1-4H3. The maximum atomic E-state index is 13.6. The molecule has 90 heavy (non-hydrogen) atoms. The number of hydrogen-bond acceptors (Lipinski definition) is 12. The van der Waals surface area contributed by atoms with E-state index in [0.29, 0.717) is 80.3 Å². The van der Waals surface area contributed by atoms with Gasteiger partial charge in [-0.3, -0.25) is 9.59 Å². The number of rotatable bonds is 18. The van der Waals surface area contributed by atoms with Gasteiger partial charge < -0.3 is 38.4 Å². The van der Waals surface area contributed by atoms with Crippen molar-refractivity contribution in [1.82, 2.24) is 9.15 Å². The molecule has 0 N–H and O–H groups in total. The van der Waals surface area contributed by atoms with Crippen LogP contribution in [0.25, 0.3) is 87.7 Å². The van der Waals surface area contributed by atoms with E-state index in [1.165, 1.54) is 12.1 Å². The van der Waals surface area contributed by atoms with Crippen molar-refractivity contribution in [2.45, 2.75) is 65.2 Å². The predicted octanol–water partition coefficient (Wildman–Crippen LogP) is 13.1. The van der Waals surface area contributed by atoms with Crippen LogP contribution in [0.3, 0.4) is 0 Å². The molecule has 0 radical (unpaired) electrons. The Morgan fingerprint density at radius 1 is 0.500 bits per heavy atom. The van der Waals surface area contributed by atoms with Crippen molar-refractivity contribution >= 4 is 68.2 Å². The molecule has 2 heterocycles. The highest BCUT2D eigenvalue weighted by Crippen LogP contribution is 2.45. The van der Waals surface area contributed by atoms with Gasteiger partial charge in [0.05, 0.1) is 24.1 Å². The zero-order chi connectivity index (χ0) is 64.8. The fourth-order valence-electron chi connectivity index (χ4n) is 11.2. The first kappa shape index (κ1) is 63.7. The molecule has 18 nitrogen and oxygen atoms in total. The lowest BCUT2D eigenvalue weighted by atomic mass is 9.88. The largest absolute Gasteiger partial charge is 0.545 e. The Labute approximate surface area is 521 Å². The minimum Gasteiger partial charge on any atom is -0.545 e. The normalized spacial score (nSPS) is 11.1. The lowest BCUT2D eigenvalue weighted by molar-refractivity contribution is -0.256. The number of benzene rings is 8. The molecule has 6 aromatic carbocycles. The number of hydrogen-bond donors (Lipinski definition) is 0. The summed E-state index contributed by atoms with van der Waals surface area (Å²) in [6.45, 7) is 8.18. The van der Waals surface area contributed by atoms with Crippen LogP contribution in [0.1, 0.15) is 116 Å². The molecule has 6 aromatic rings. The Morgan fingerprint density at radius 2 is 0.911 bits per heavy atom. The highest BCUT2D eigenvalue weighted by Gasteiger charge is 2.25. The zero-order valence-corrected chi connectivity index (χ0v) is 52.6. The number of ketones is 2. The molecule has 4 aliphatic rings. The van der Waals surface area contributed by atoms with Gasteiger partial charge in [0.15, 0.2) is 11.6 Å². The van der Waals surface area contributed by atoms with Crippen LogP contribution < -0.4 is 39.9 Å². The van der Waals surface area contributed by atoms with Crippen LogP contribution in [-0.4, -0.2) is 79.9 Å². The Balaban J connectivity index is 0.000000215. The number of carbonyl (C=O) groups excluding carboxylic acids is 4. The molecule has 0 atom stereocenters. The Morgan fingerprint density at radius 3 is 1.29 bits per heavy atom. The highest BCUT2D eigenvalue weighted by atomic mass is 16.4. The van der Waals surface area contributed by atoms with Crippen LogP contribution in [0.15, 0.2) is 165 Å². The van der Waals surface area contributed by atoms with Crippen molar-refractivity contribution in [3.8, 4) is 44.9 Å². The van der Waals surface area contributed by atoms with Crippen LogP contribution in [0.2, 0.25) is 0 Å². The molecular formula is C72H70N10O8. The molecular weight excluding hydrogens is 1130 g/mol.